The van der Waals surface area contributed by atoms with Crippen LogP contribution in [-0.4, -0.2) is 19.2 Å². The van der Waals surface area contributed by atoms with Crippen LogP contribution in [0.3, 0.4) is 0 Å². The zero-order valence-corrected chi connectivity index (χ0v) is 9.28. The molecule has 1 rings (SSSR count). The van der Waals surface area contributed by atoms with Crippen molar-refractivity contribution in [2.75, 3.05) is 19.0 Å². The summed E-state index contributed by atoms with van der Waals surface area (Å²) >= 11 is 5.06. The Morgan fingerprint density at radius 1 is 1.50 bits per heavy atom. The molecule has 0 unspecified atom stereocenters. The van der Waals surface area contributed by atoms with Gasteiger partial charge in [0.05, 0.1) is 0 Å². The van der Waals surface area contributed by atoms with Crippen molar-refractivity contribution in [1.82, 2.24) is 5.32 Å². The van der Waals surface area contributed by atoms with Gasteiger partial charge in [-0.25, -0.2) is 4.39 Å². The Balaban J connectivity index is 2.96. The third kappa shape index (κ3) is 2.20. The number of hydrogen-bond donors (Lipinski definition) is 1. The van der Waals surface area contributed by atoms with Crippen LogP contribution in [0.5, 0.6) is 0 Å². The van der Waals surface area contributed by atoms with Crippen LogP contribution in [0.25, 0.3) is 0 Å². The van der Waals surface area contributed by atoms with Gasteiger partial charge in [0.25, 0.3) is 0 Å². The van der Waals surface area contributed by atoms with E-state index in [-0.39, 0.29) is 5.82 Å². The summed E-state index contributed by atoms with van der Waals surface area (Å²) in [5.41, 5.74) is 1.50. The van der Waals surface area contributed by atoms with E-state index >= 15 is 0 Å². The number of halogens is 1. The molecule has 0 aliphatic carbocycles. The van der Waals surface area contributed by atoms with Crippen molar-refractivity contribution in [3.8, 4) is 0 Å². The van der Waals surface area contributed by atoms with Gasteiger partial charge in [0.15, 0.2) is 5.11 Å². The molecular weight excluding hydrogens is 199 g/mol. The molecule has 0 bridgehead atoms. The van der Waals surface area contributed by atoms with Crippen molar-refractivity contribution in [1.29, 1.82) is 0 Å². The minimum absolute atomic E-state index is 0.197. The molecule has 1 N–H and O–H groups in total. The Kier molecular flexibility index (Phi) is 3.41. The van der Waals surface area contributed by atoms with Crippen molar-refractivity contribution in [3.63, 3.8) is 0 Å². The summed E-state index contributed by atoms with van der Waals surface area (Å²) in [7, 11) is 3.60. The second-order valence-corrected chi connectivity index (χ2v) is 3.43. The van der Waals surface area contributed by atoms with E-state index in [4.69, 9.17) is 12.2 Å². The van der Waals surface area contributed by atoms with Gasteiger partial charge < -0.3 is 10.2 Å². The van der Waals surface area contributed by atoms with Gasteiger partial charge >= 0.3 is 0 Å². The molecule has 14 heavy (non-hydrogen) atoms. The molecule has 0 saturated carbocycles. The summed E-state index contributed by atoms with van der Waals surface area (Å²) in [6.45, 7) is 1.73. The van der Waals surface area contributed by atoms with E-state index in [0.717, 1.165) is 5.69 Å². The number of anilines is 1. The lowest BCUT2D eigenvalue weighted by Gasteiger charge is -2.19. The Labute approximate surface area is 88.7 Å². The molecule has 0 fully saturated rings. The maximum Gasteiger partial charge on any atom is 0.172 e. The highest BCUT2D eigenvalue weighted by atomic mass is 32.1. The average molecular weight is 212 g/mol. The molecule has 4 heteroatoms. The number of hydrogen-bond acceptors (Lipinski definition) is 1. The van der Waals surface area contributed by atoms with Crippen molar-refractivity contribution < 1.29 is 4.39 Å². The highest BCUT2D eigenvalue weighted by Crippen LogP contribution is 2.17. The number of nitrogens with one attached hydrogen (secondary N) is 1. The summed E-state index contributed by atoms with van der Waals surface area (Å²) in [6.07, 6.45) is 0. The standard InChI is InChI=1S/C10H13FN2S/c1-7-6-8(4-5-9(7)11)13(3)10(14)12-2/h4-6H,1-3H3,(H,12,14). The quantitative estimate of drug-likeness (QED) is 0.717. The van der Waals surface area contributed by atoms with Crippen LogP contribution < -0.4 is 10.2 Å². The molecule has 76 valence electrons. The van der Waals surface area contributed by atoms with Crippen molar-refractivity contribution in [2.24, 2.45) is 0 Å². The van der Waals surface area contributed by atoms with Gasteiger partial charge in [-0.15, -0.1) is 0 Å². The highest BCUT2D eigenvalue weighted by molar-refractivity contribution is 7.80. The zero-order valence-electron chi connectivity index (χ0n) is 8.47. The lowest BCUT2D eigenvalue weighted by Crippen LogP contribution is -2.34. The largest absolute Gasteiger partial charge is 0.365 e. The molecule has 1 aromatic rings. The number of nitrogens with zero attached hydrogens (tertiary/aromatic N) is 1. The number of aryl methyl sites for hydroxylation is 1. The van der Waals surface area contributed by atoms with Gasteiger partial charge in [-0.1, -0.05) is 0 Å². The molecule has 0 aliphatic heterocycles. The minimum Gasteiger partial charge on any atom is -0.365 e. The fourth-order valence-electron chi connectivity index (χ4n) is 1.12. The van der Waals surface area contributed by atoms with E-state index in [1.807, 2.05) is 7.05 Å². The predicted molar refractivity (Wildman–Crippen MR) is 61.2 cm³/mol. The summed E-state index contributed by atoms with van der Waals surface area (Å²) in [5, 5.41) is 3.47. The minimum atomic E-state index is -0.197. The van der Waals surface area contributed by atoms with Crippen LogP contribution in [0.2, 0.25) is 0 Å². The van der Waals surface area contributed by atoms with Crippen LogP contribution in [0.15, 0.2) is 18.2 Å². The number of thiocarbonyl (C=S) groups is 1. The van der Waals surface area contributed by atoms with Gasteiger partial charge in [0.1, 0.15) is 5.82 Å². The van der Waals surface area contributed by atoms with Crippen LogP contribution in [0.4, 0.5) is 10.1 Å². The highest BCUT2D eigenvalue weighted by Gasteiger charge is 2.06. The molecule has 0 radical (unpaired) electrons. The first-order valence-electron chi connectivity index (χ1n) is 4.28. The SMILES string of the molecule is CNC(=S)N(C)c1ccc(F)c(C)c1. The second kappa shape index (κ2) is 4.37. The fourth-order valence-corrected chi connectivity index (χ4v) is 1.23. The van der Waals surface area contributed by atoms with Crippen molar-refractivity contribution in [3.05, 3.63) is 29.6 Å². The molecular formula is C10H13FN2S. The van der Waals surface area contributed by atoms with Crippen LogP contribution in [0.1, 0.15) is 5.56 Å². The molecule has 0 spiro atoms. The molecule has 0 aromatic heterocycles. The van der Waals surface area contributed by atoms with E-state index in [1.165, 1.54) is 6.07 Å². The van der Waals surface area contributed by atoms with Gasteiger partial charge in [0.2, 0.25) is 0 Å². The van der Waals surface area contributed by atoms with Gasteiger partial charge in [-0.3, -0.25) is 0 Å². The Morgan fingerprint density at radius 2 is 2.14 bits per heavy atom. The maximum absolute atomic E-state index is 13.0. The van der Waals surface area contributed by atoms with Crippen molar-refractivity contribution >= 4 is 23.0 Å². The van der Waals surface area contributed by atoms with E-state index in [1.54, 1.807) is 31.0 Å². The van der Waals surface area contributed by atoms with Crippen LogP contribution >= 0.6 is 12.2 Å². The Hall–Kier alpha value is -1.16. The normalized spacial score (nSPS) is 9.71. The second-order valence-electron chi connectivity index (χ2n) is 3.05. The Bertz CT molecular complexity index is 352. The average Bonchev–Trinajstić information content (AvgIpc) is 2.20. The van der Waals surface area contributed by atoms with E-state index < -0.39 is 0 Å². The molecule has 0 amide bonds. The first kappa shape index (κ1) is 10.9. The summed E-state index contributed by atoms with van der Waals surface area (Å²) in [5.74, 6) is -0.197. The summed E-state index contributed by atoms with van der Waals surface area (Å²) in [6, 6.07) is 4.91. The maximum atomic E-state index is 13.0. The van der Waals surface area contributed by atoms with E-state index in [0.29, 0.717) is 10.7 Å². The smallest absolute Gasteiger partial charge is 0.172 e. The third-order valence-electron chi connectivity index (χ3n) is 2.05. The monoisotopic (exact) mass is 212 g/mol. The number of benzene rings is 1. The van der Waals surface area contributed by atoms with Gasteiger partial charge in [-0.05, 0) is 42.9 Å². The molecule has 0 saturated heterocycles. The molecule has 0 atom stereocenters. The van der Waals surface area contributed by atoms with Crippen LogP contribution in [0, 0.1) is 12.7 Å². The zero-order chi connectivity index (χ0) is 10.7. The van der Waals surface area contributed by atoms with E-state index in [9.17, 15) is 4.39 Å². The lowest BCUT2D eigenvalue weighted by atomic mass is 10.2. The van der Waals surface area contributed by atoms with Gasteiger partial charge in [-0.2, -0.15) is 0 Å². The van der Waals surface area contributed by atoms with Crippen molar-refractivity contribution in [2.45, 2.75) is 6.92 Å². The summed E-state index contributed by atoms with van der Waals surface area (Å²) in [4.78, 5) is 1.79. The molecule has 0 aliphatic rings. The third-order valence-corrected chi connectivity index (χ3v) is 2.53. The first-order valence-corrected chi connectivity index (χ1v) is 4.68. The lowest BCUT2D eigenvalue weighted by molar-refractivity contribution is 0.618. The van der Waals surface area contributed by atoms with Crippen LogP contribution in [-0.2, 0) is 0 Å². The predicted octanol–water partition coefficient (Wildman–Crippen LogP) is 2.07. The topological polar surface area (TPSA) is 15.3 Å². The Morgan fingerprint density at radius 3 is 2.64 bits per heavy atom. The molecule has 2 nitrogen and oxygen atoms in total. The number of rotatable bonds is 1. The molecule has 0 heterocycles. The summed E-state index contributed by atoms with van der Waals surface area (Å²) < 4.78 is 13.0. The fraction of sp³-hybridized carbons (Fsp3) is 0.300. The van der Waals surface area contributed by atoms with E-state index in [2.05, 4.69) is 5.32 Å². The molecule has 1 aromatic carbocycles. The first-order chi connectivity index (χ1) is 6.56. The van der Waals surface area contributed by atoms with Gasteiger partial charge in [0, 0.05) is 19.8 Å².